The van der Waals surface area contributed by atoms with E-state index in [4.69, 9.17) is 4.98 Å². The smallest absolute Gasteiger partial charge is 0.333 e. The molecule has 1 saturated heterocycles. The first-order valence-corrected chi connectivity index (χ1v) is 11.9. The van der Waals surface area contributed by atoms with Crippen molar-refractivity contribution < 1.29 is 5.11 Å². The molecule has 0 spiro atoms. The van der Waals surface area contributed by atoms with Gasteiger partial charge in [0, 0.05) is 50.5 Å². The summed E-state index contributed by atoms with van der Waals surface area (Å²) in [7, 11) is 3.53. The van der Waals surface area contributed by atoms with E-state index in [1.54, 1.807) is 41.8 Å². The van der Waals surface area contributed by atoms with Gasteiger partial charge >= 0.3 is 5.69 Å². The van der Waals surface area contributed by atoms with Crippen LogP contribution in [0.1, 0.15) is 12.1 Å². The molecular weight excluding hydrogens is 456 g/mol. The lowest BCUT2D eigenvalue weighted by atomic mass is 10.1. The Morgan fingerprint density at radius 3 is 2.56 bits per heavy atom. The highest BCUT2D eigenvalue weighted by atomic mass is 16.3. The fourth-order valence-corrected chi connectivity index (χ4v) is 4.91. The second-order valence-corrected chi connectivity index (χ2v) is 9.11. The molecule has 182 valence electrons. The maximum atomic E-state index is 13.5. The molecule has 1 atom stereocenters. The highest BCUT2D eigenvalue weighted by Crippen LogP contribution is 2.30. The number of nitrogens with zero attached hydrogens (tertiary/aromatic N) is 7. The summed E-state index contributed by atoms with van der Waals surface area (Å²) in [5, 5.41) is 13.7. The van der Waals surface area contributed by atoms with Crippen molar-refractivity contribution in [1.82, 2.24) is 29.1 Å². The molecule has 10 heteroatoms. The van der Waals surface area contributed by atoms with E-state index in [1.807, 2.05) is 37.3 Å². The van der Waals surface area contributed by atoms with E-state index in [0.29, 0.717) is 18.2 Å². The number of imidazole rings is 1. The highest BCUT2D eigenvalue weighted by molar-refractivity contribution is 6.04. The van der Waals surface area contributed by atoms with E-state index in [2.05, 4.69) is 25.2 Å². The van der Waals surface area contributed by atoms with Crippen LogP contribution in [0.25, 0.3) is 38.8 Å². The number of anilines is 2. The Labute approximate surface area is 206 Å². The zero-order chi connectivity index (χ0) is 25.0. The maximum Gasteiger partial charge on any atom is 0.333 e. The van der Waals surface area contributed by atoms with Crippen LogP contribution in [0.4, 0.5) is 11.8 Å². The Bertz CT molecular complexity index is 1670. The van der Waals surface area contributed by atoms with E-state index in [0.717, 1.165) is 57.5 Å². The molecule has 1 aliphatic heterocycles. The van der Waals surface area contributed by atoms with Crippen LogP contribution in [-0.2, 0) is 7.05 Å². The first-order valence-electron chi connectivity index (χ1n) is 11.9. The summed E-state index contributed by atoms with van der Waals surface area (Å²) in [4.78, 5) is 33.6. The van der Waals surface area contributed by atoms with Crippen LogP contribution in [0, 0.1) is 6.92 Å². The van der Waals surface area contributed by atoms with Crippen molar-refractivity contribution >= 4 is 33.7 Å². The Hall–Kier alpha value is -4.31. The Balaban J connectivity index is 1.55. The lowest BCUT2D eigenvalue weighted by molar-refractivity contribution is 0.198. The van der Waals surface area contributed by atoms with E-state index >= 15 is 0 Å². The molecular formula is C26H26N8O2. The van der Waals surface area contributed by atoms with Crippen molar-refractivity contribution in [3.63, 3.8) is 0 Å². The lowest BCUT2D eigenvalue weighted by Crippen LogP contribution is -2.24. The Morgan fingerprint density at radius 2 is 1.86 bits per heavy atom. The number of aromatic nitrogens is 6. The normalized spacial score (nSPS) is 15.8. The third-order valence-corrected chi connectivity index (χ3v) is 6.86. The molecule has 1 aliphatic rings. The fourth-order valence-electron chi connectivity index (χ4n) is 4.91. The zero-order valence-electron chi connectivity index (χ0n) is 20.3. The molecule has 2 N–H and O–H groups in total. The molecule has 0 radical (unpaired) electrons. The van der Waals surface area contributed by atoms with Gasteiger partial charge in [-0.15, -0.1) is 0 Å². The van der Waals surface area contributed by atoms with Crippen molar-refractivity contribution in [2.45, 2.75) is 19.4 Å². The van der Waals surface area contributed by atoms with Crippen molar-refractivity contribution in [3.05, 3.63) is 65.1 Å². The summed E-state index contributed by atoms with van der Waals surface area (Å²) in [6.07, 6.45) is 5.68. The van der Waals surface area contributed by atoms with Gasteiger partial charge in [-0.1, -0.05) is 6.07 Å². The van der Waals surface area contributed by atoms with Crippen LogP contribution in [0.15, 0.2) is 53.7 Å². The molecule has 4 aromatic heterocycles. The fraction of sp³-hybridized carbons (Fsp3) is 0.269. The predicted octanol–water partition coefficient (Wildman–Crippen LogP) is 2.65. The number of benzene rings is 1. The number of hydrogen-bond acceptors (Lipinski definition) is 8. The molecule has 0 amide bonds. The Kier molecular flexibility index (Phi) is 5.18. The van der Waals surface area contributed by atoms with E-state index in [-0.39, 0.29) is 11.8 Å². The third-order valence-electron chi connectivity index (χ3n) is 6.86. The molecule has 5 aromatic rings. The summed E-state index contributed by atoms with van der Waals surface area (Å²) in [6, 6.07) is 9.81. The largest absolute Gasteiger partial charge is 0.391 e. The molecule has 0 saturated carbocycles. The van der Waals surface area contributed by atoms with Gasteiger partial charge in [0.25, 0.3) is 0 Å². The van der Waals surface area contributed by atoms with Gasteiger partial charge in [0.15, 0.2) is 0 Å². The zero-order valence-corrected chi connectivity index (χ0v) is 20.3. The van der Waals surface area contributed by atoms with Crippen LogP contribution in [0.2, 0.25) is 0 Å². The van der Waals surface area contributed by atoms with Crippen molar-refractivity contribution in [3.8, 4) is 16.8 Å². The molecule has 6 rings (SSSR count). The van der Waals surface area contributed by atoms with Gasteiger partial charge in [0.2, 0.25) is 5.95 Å². The average Bonchev–Trinajstić information content (AvgIpc) is 3.45. The van der Waals surface area contributed by atoms with Gasteiger partial charge < -0.3 is 15.3 Å². The summed E-state index contributed by atoms with van der Waals surface area (Å²) in [6.45, 7) is 3.24. The topological polar surface area (TPSA) is 114 Å². The van der Waals surface area contributed by atoms with E-state index in [9.17, 15) is 9.90 Å². The van der Waals surface area contributed by atoms with Gasteiger partial charge in [-0.05, 0) is 43.2 Å². The molecule has 10 nitrogen and oxygen atoms in total. The monoisotopic (exact) mass is 482 g/mol. The summed E-state index contributed by atoms with van der Waals surface area (Å²) in [5.74, 6) is 1.36. The average molecular weight is 483 g/mol. The summed E-state index contributed by atoms with van der Waals surface area (Å²) < 4.78 is 3.33. The van der Waals surface area contributed by atoms with Gasteiger partial charge in [-0.25, -0.2) is 19.7 Å². The number of fused-ring (bicyclic) bond motifs is 3. The molecule has 5 heterocycles. The van der Waals surface area contributed by atoms with E-state index < -0.39 is 0 Å². The third kappa shape index (κ3) is 3.49. The number of β-amino-alcohol motifs (C(OH)–C–C–N with tert-alkyl or cyclic N) is 1. The van der Waals surface area contributed by atoms with Crippen LogP contribution < -0.4 is 15.9 Å². The van der Waals surface area contributed by atoms with E-state index in [1.165, 1.54) is 0 Å². The standard InChI is InChI=1S/C26H26N8O2/c1-15-21(6-7-23(31-15)33-9-8-18(35)14-33)34-24-19-10-16(17-11-29-25(27-2)30-12-17)4-5-20(19)28-13-22(24)32(3)26(34)36/h4-7,10-13,18,35H,8-9,14H2,1-3H3,(H,27,29,30). The van der Waals surface area contributed by atoms with Crippen molar-refractivity contribution in [2.75, 3.05) is 30.4 Å². The number of aryl methyl sites for hydroxylation is 2. The van der Waals surface area contributed by atoms with Gasteiger partial charge in [-0.3, -0.25) is 14.1 Å². The van der Waals surface area contributed by atoms with Crippen LogP contribution in [0.5, 0.6) is 0 Å². The quantitative estimate of drug-likeness (QED) is 0.402. The van der Waals surface area contributed by atoms with Crippen LogP contribution in [0.3, 0.4) is 0 Å². The number of pyridine rings is 2. The molecule has 1 aromatic carbocycles. The van der Waals surface area contributed by atoms with Crippen molar-refractivity contribution in [2.24, 2.45) is 7.05 Å². The number of rotatable bonds is 4. The second kappa shape index (κ2) is 8.42. The summed E-state index contributed by atoms with van der Waals surface area (Å²) >= 11 is 0. The second-order valence-electron chi connectivity index (χ2n) is 9.11. The number of hydrogen-bond donors (Lipinski definition) is 2. The molecule has 0 bridgehead atoms. The number of nitrogens with one attached hydrogen (secondary N) is 1. The van der Waals surface area contributed by atoms with Gasteiger partial charge in [-0.2, -0.15) is 0 Å². The number of aliphatic hydroxyl groups excluding tert-OH is 1. The molecule has 1 unspecified atom stereocenters. The first-order chi connectivity index (χ1) is 17.4. The maximum absolute atomic E-state index is 13.5. The lowest BCUT2D eigenvalue weighted by Gasteiger charge is -2.18. The van der Waals surface area contributed by atoms with Gasteiger partial charge in [0.1, 0.15) is 5.82 Å². The Morgan fingerprint density at radius 1 is 1.06 bits per heavy atom. The summed E-state index contributed by atoms with van der Waals surface area (Å²) in [5.41, 5.74) is 5.38. The minimum atomic E-state index is -0.333. The van der Waals surface area contributed by atoms with Crippen LogP contribution >= 0.6 is 0 Å². The van der Waals surface area contributed by atoms with Crippen molar-refractivity contribution in [1.29, 1.82) is 0 Å². The SMILES string of the molecule is CNc1ncc(-c2ccc3ncc4c(c3c2)n(-c2ccc(N3CCC(O)C3)nc2C)c(=O)n4C)cn1. The minimum absolute atomic E-state index is 0.166. The van der Waals surface area contributed by atoms with Gasteiger partial charge in [0.05, 0.1) is 40.2 Å². The molecule has 36 heavy (non-hydrogen) atoms. The first kappa shape index (κ1) is 22.2. The van der Waals surface area contributed by atoms with Crippen LogP contribution in [-0.4, -0.2) is 60.4 Å². The minimum Gasteiger partial charge on any atom is -0.391 e. The highest BCUT2D eigenvalue weighted by Gasteiger charge is 2.23. The molecule has 0 aliphatic carbocycles. The molecule has 1 fully saturated rings. The number of aliphatic hydroxyl groups is 1. The predicted molar refractivity (Wildman–Crippen MR) is 140 cm³/mol.